The smallest absolute Gasteiger partial charge is 0.0809 e. The lowest BCUT2D eigenvalue weighted by Crippen LogP contribution is -2.25. The van der Waals surface area contributed by atoms with Crippen molar-refractivity contribution in [3.05, 3.63) is 6.92 Å². The molecule has 0 aromatic rings. The molecule has 1 fully saturated rings. The highest BCUT2D eigenvalue weighted by Crippen LogP contribution is 2.09. The maximum absolute atomic E-state index is 5.44. The van der Waals surface area contributed by atoms with Crippen LogP contribution in [0.5, 0.6) is 0 Å². The number of hydrogen-bond acceptors (Lipinski definition) is 2. The van der Waals surface area contributed by atoms with Gasteiger partial charge in [0.2, 0.25) is 0 Å². The standard InChI is InChI=1S/C8H15O2/c1-2-5-10-8-4-3-6-9-7-8/h8H,1-7H2. The first-order valence-corrected chi connectivity index (χ1v) is 3.92. The van der Waals surface area contributed by atoms with Gasteiger partial charge in [0.15, 0.2) is 0 Å². The Morgan fingerprint density at radius 2 is 2.50 bits per heavy atom. The second-order valence-electron chi connectivity index (χ2n) is 2.56. The molecule has 0 aromatic heterocycles. The highest BCUT2D eigenvalue weighted by molar-refractivity contribution is 4.61. The zero-order valence-electron chi connectivity index (χ0n) is 6.34. The van der Waals surface area contributed by atoms with Gasteiger partial charge in [0.05, 0.1) is 12.7 Å². The molecule has 0 N–H and O–H groups in total. The lowest BCUT2D eigenvalue weighted by molar-refractivity contribution is -0.0485. The summed E-state index contributed by atoms with van der Waals surface area (Å²) in [4.78, 5) is 0. The summed E-state index contributed by atoms with van der Waals surface area (Å²) in [6.07, 6.45) is 3.49. The SMILES string of the molecule is [CH2]CCOC1CCCOC1. The Balaban J connectivity index is 2.02. The second kappa shape index (κ2) is 4.69. The Kier molecular flexibility index (Phi) is 3.76. The van der Waals surface area contributed by atoms with Crippen LogP contribution in [0.4, 0.5) is 0 Å². The molecule has 0 aliphatic carbocycles. The minimum absolute atomic E-state index is 0.343. The summed E-state index contributed by atoms with van der Waals surface area (Å²) < 4.78 is 10.7. The second-order valence-corrected chi connectivity index (χ2v) is 2.56. The molecule has 0 aromatic carbocycles. The van der Waals surface area contributed by atoms with Gasteiger partial charge in [0.25, 0.3) is 0 Å². The quantitative estimate of drug-likeness (QED) is 0.594. The van der Waals surface area contributed by atoms with Crippen LogP contribution >= 0.6 is 0 Å². The van der Waals surface area contributed by atoms with Crippen LogP contribution in [-0.2, 0) is 9.47 Å². The molecule has 1 aliphatic heterocycles. The van der Waals surface area contributed by atoms with Gasteiger partial charge >= 0.3 is 0 Å². The molecule has 0 saturated carbocycles. The van der Waals surface area contributed by atoms with E-state index < -0.39 is 0 Å². The first-order valence-electron chi connectivity index (χ1n) is 3.92. The van der Waals surface area contributed by atoms with Gasteiger partial charge in [-0.3, -0.25) is 0 Å². The predicted molar refractivity (Wildman–Crippen MR) is 39.8 cm³/mol. The van der Waals surface area contributed by atoms with Gasteiger partial charge in [0.1, 0.15) is 0 Å². The van der Waals surface area contributed by atoms with Gasteiger partial charge in [-0.05, 0) is 19.3 Å². The fourth-order valence-electron chi connectivity index (χ4n) is 1.09. The van der Waals surface area contributed by atoms with Crippen molar-refractivity contribution in [2.24, 2.45) is 0 Å². The van der Waals surface area contributed by atoms with Crippen LogP contribution in [0.25, 0.3) is 0 Å². The van der Waals surface area contributed by atoms with Crippen LogP contribution in [0.2, 0.25) is 0 Å². The summed E-state index contributed by atoms with van der Waals surface area (Å²) in [6, 6.07) is 0. The zero-order chi connectivity index (χ0) is 7.23. The van der Waals surface area contributed by atoms with E-state index in [1.807, 2.05) is 0 Å². The molecule has 0 amide bonds. The lowest BCUT2D eigenvalue weighted by Gasteiger charge is -2.21. The molecule has 1 radical (unpaired) electrons. The van der Waals surface area contributed by atoms with Crippen molar-refractivity contribution in [2.75, 3.05) is 19.8 Å². The van der Waals surface area contributed by atoms with Crippen molar-refractivity contribution in [3.63, 3.8) is 0 Å². The monoisotopic (exact) mass is 143 g/mol. The molecule has 1 unspecified atom stereocenters. The van der Waals surface area contributed by atoms with E-state index in [2.05, 4.69) is 6.92 Å². The lowest BCUT2D eigenvalue weighted by atomic mass is 10.2. The van der Waals surface area contributed by atoms with E-state index in [-0.39, 0.29) is 0 Å². The van der Waals surface area contributed by atoms with Gasteiger partial charge < -0.3 is 9.47 Å². The number of hydrogen-bond donors (Lipinski definition) is 0. The first-order chi connectivity index (χ1) is 4.93. The van der Waals surface area contributed by atoms with E-state index in [0.29, 0.717) is 6.10 Å². The molecule has 10 heavy (non-hydrogen) atoms. The fourth-order valence-corrected chi connectivity index (χ4v) is 1.09. The van der Waals surface area contributed by atoms with Gasteiger partial charge in [0, 0.05) is 13.2 Å². The molecule has 2 nitrogen and oxygen atoms in total. The Bertz CT molecular complexity index is 77.3. The number of ether oxygens (including phenoxy) is 2. The zero-order valence-corrected chi connectivity index (χ0v) is 6.34. The Morgan fingerprint density at radius 3 is 3.10 bits per heavy atom. The van der Waals surface area contributed by atoms with Crippen LogP contribution in [0.3, 0.4) is 0 Å². The van der Waals surface area contributed by atoms with Gasteiger partial charge in [-0.1, -0.05) is 6.92 Å². The molecule has 1 aliphatic rings. The molecular formula is C8H15O2. The normalized spacial score (nSPS) is 26.7. The molecule has 0 spiro atoms. The predicted octanol–water partition coefficient (Wildman–Crippen LogP) is 1.41. The molecule has 59 valence electrons. The third-order valence-electron chi connectivity index (χ3n) is 1.62. The van der Waals surface area contributed by atoms with Crippen LogP contribution in [-0.4, -0.2) is 25.9 Å². The van der Waals surface area contributed by atoms with Gasteiger partial charge in [-0.25, -0.2) is 0 Å². The highest BCUT2D eigenvalue weighted by Gasteiger charge is 2.12. The van der Waals surface area contributed by atoms with E-state index in [9.17, 15) is 0 Å². The molecule has 1 atom stereocenters. The summed E-state index contributed by atoms with van der Waals surface area (Å²) in [5.74, 6) is 0. The summed E-state index contributed by atoms with van der Waals surface area (Å²) in [5, 5.41) is 0. The Hall–Kier alpha value is -0.0800. The third-order valence-corrected chi connectivity index (χ3v) is 1.62. The van der Waals surface area contributed by atoms with Crippen LogP contribution in [0, 0.1) is 6.92 Å². The summed E-state index contributed by atoms with van der Waals surface area (Å²) in [7, 11) is 0. The van der Waals surface area contributed by atoms with E-state index in [0.717, 1.165) is 39.1 Å². The minimum atomic E-state index is 0.343. The topological polar surface area (TPSA) is 18.5 Å². The van der Waals surface area contributed by atoms with E-state index in [4.69, 9.17) is 9.47 Å². The molecule has 1 saturated heterocycles. The molecular weight excluding hydrogens is 128 g/mol. The van der Waals surface area contributed by atoms with E-state index in [1.165, 1.54) is 0 Å². The summed E-state index contributed by atoms with van der Waals surface area (Å²) in [6.45, 7) is 6.16. The number of rotatable bonds is 3. The van der Waals surface area contributed by atoms with Crippen molar-refractivity contribution < 1.29 is 9.47 Å². The maximum Gasteiger partial charge on any atom is 0.0809 e. The first kappa shape index (κ1) is 8.02. The molecule has 0 bridgehead atoms. The van der Waals surface area contributed by atoms with Crippen LogP contribution < -0.4 is 0 Å². The third kappa shape index (κ3) is 2.67. The molecule has 1 rings (SSSR count). The van der Waals surface area contributed by atoms with Crippen molar-refractivity contribution >= 4 is 0 Å². The Morgan fingerprint density at radius 1 is 1.60 bits per heavy atom. The van der Waals surface area contributed by atoms with Crippen LogP contribution in [0.15, 0.2) is 0 Å². The average Bonchev–Trinajstić information content (AvgIpc) is 2.03. The van der Waals surface area contributed by atoms with Crippen molar-refractivity contribution in [1.82, 2.24) is 0 Å². The summed E-state index contributed by atoms with van der Waals surface area (Å²) in [5.41, 5.74) is 0. The van der Waals surface area contributed by atoms with E-state index in [1.54, 1.807) is 0 Å². The summed E-state index contributed by atoms with van der Waals surface area (Å²) >= 11 is 0. The van der Waals surface area contributed by atoms with Crippen molar-refractivity contribution in [2.45, 2.75) is 25.4 Å². The van der Waals surface area contributed by atoms with Gasteiger partial charge in [-0.2, -0.15) is 0 Å². The van der Waals surface area contributed by atoms with Crippen LogP contribution in [0.1, 0.15) is 19.3 Å². The largest absolute Gasteiger partial charge is 0.379 e. The van der Waals surface area contributed by atoms with Crippen molar-refractivity contribution in [1.29, 1.82) is 0 Å². The fraction of sp³-hybridized carbons (Fsp3) is 0.875. The van der Waals surface area contributed by atoms with E-state index >= 15 is 0 Å². The Labute approximate surface area is 62.5 Å². The molecule has 1 heterocycles. The van der Waals surface area contributed by atoms with Crippen molar-refractivity contribution in [3.8, 4) is 0 Å². The van der Waals surface area contributed by atoms with Gasteiger partial charge in [-0.15, -0.1) is 0 Å². The maximum atomic E-state index is 5.44. The average molecular weight is 143 g/mol. The highest BCUT2D eigenvalue weighted by atomic mass is 16.5. The minimum Gasteiger partial charge on any atom is -0.379 e. The molecule has 2 heteroatoms.